The van der Waals surface area contributed by atoms with E-state index in [1.54, 1.807) is 0 Å². The van der Waals surface area contributed by atoms with Crippen molar-refractivity contribution in [3.63, 3.8) is 0 Å². The average Bonchev–Trinajstić information content (AvgIpc) is 2.26. The third-order valence-electron chi connectivity index (χ3n) is 2.03. The van der Waals surface area contributed by atoms with Crippen LogP contribution >= 0.6 is 11.6 Å². The molecule has 0 aromatic heterocycles. The van der Waals surface area contributed by atoms with Gasteiger partial charge in [-0.2, -0.15) is 8.78 Å². The Hall–Kier alpha value is -1.57. The minimum absolute atomic E-state index is 0.0976. The highest BCUT2D eigenvalue weighted by atomic mass is 35.5. The molecule has 0 amide bonds. The van der Waals surface area contributed by atoms with Crippen LogP contribution in [0.3, 0.4) is 0 Å². The fraction of sp³-hybridized carbons (Fsp3) is 0.364. The second-order valence-corrected chi connectivity index (χ2v) is 3.82. The first-order valence-electron chi connectivity index (χ1n) is 5.16. The average molecular weight is 319 g/mol. The van der Waals surface area contributed by atoms with Gasteiger partial charge in [0.05, 0.1) is 5.56 Å². The molecule has 20 heavy (non-hydrogen) atoms. The number of carbonyl (C=O) groups excluding carboxylic acids is 1. The van der Waals surface area contributed by atoms with Crippen LogP contribution in [-0.2, 0) is 0 Å². The van der Waals surface area contributed by atoms with E-state index >= 15 is 0 Å². The molecule has 0 radical (unpaired) electrons. The smallest absolute Gasteiger partial charge is 0.435 e. The van der Waals surface area contributed by atoms with Gasteiger partial charge in [-0.25, -0.2) is 0 Å². The van der Waals surface area contributed by atoms with E-state index in [1.807, 2.05) is 0 Å². The Labute approximate surface area is 115 Å². The Bertz CT molecular complexity index is 476. The summed E-state index contributed by atoms with van der Waals surface area (Å²) in [5.74, 6) is -2.27. The highest BCUT2D eigenvalue weighted by Gasteiger charge is 2.33. The molecule has 0 atom stereocenters. The highest BCUT2D eigenvalue weighted by Crippen LogP contribution is 2.31. The zero-order valence-electron chi connectivity index (χ0n) is 9.72. The molecule has 0 bridgehead atoms. The first kappa shape index (κ1) is 16.5. The zero-order valence-corrected chi connectivity index (χ0v) is 10.5. The maximum absolute atomic E-state index is 12.2. The summed E-state index contributed by atoms with van der Waals surface area (Å²) in [4.78, 5) is 11.6. The van der Waals surface area contributed by atoms with Crippen LogP contribution < -0.4 is 9.47 Å². The molecule has 0 unspecified atom stereocenters. The molecule has 1 aromatic carbocycles. The van der Waals surface area contributed by atoms with Crippen LogP contribution in [0.2, 0.25) is 0 Å². The Balaban J connectivity index is 3.12. The van der Waals surface area contributed by atoms with Gasteiger partial charge in [0, 0.05) is 18.4 Å². The quantitative estimate of drug-likeness (QED) is 0.452. The number of carbonyl (C=O) groups is 1. The summed E-state index contributed by atoms with van der Waals surface area (Å²) in [6.07, 6.45) is -5.29. The molecule has 0 saturated heterocycles. The van der Waals surface area contributed by atoms with Crippen LogP contribution in [0.25, 0.3) is 0 Å². The number of hydrogen-bond acceptors (Lipinski definition) is 3. The van der Waals surface area contributed by atoms with Crippen molar-refractivity contribution >= 4 is 17.4 Å². The summed E-state index contributed by atoms with van der Waals surface area (Å²) in [6, 6.07) is 2.42. The SMILES string of the molecule is O=C(CCCl)c1ccc(OC(F)F)cc1OC(F)(F)F. The van der Waals surface area contributed by atoms with Crippen LogP contribution in [0.1, 0.15) is 16.8 Å². The van der Waals surface area contributed by atoms with Crippen LogP contribution in [0.5, 0.6) is 11.5 Å². The topological polar surface area (TPSA) is 35.5 Å². The molecule has 0 aliphatic heterocycles. The summed E-state index contributed by atoms with van der Waals surface area (Å²) < 4.78 is 68.2. The number of ether oxygens (including phenoxy) is 2. The lowest BCUT2D eigenvalue weighted by atomic mass is 10.1. The van der Waals surface area contributed by atoms with E-state index in [9.17, 15) is 26.7 Å². The van der Waals surface area contributed by atoms with Crippen molar-refractivity contribution < 1.29 is 36.2 Å². The Morgan fingerprint density at radius 1 is 1.30 bits per heavy atom. The van der Waals surface area contributed by atoms with Gasteiger partial charge in [-0.05, 0) is 12.1 Å². The molecule has 3 nitrogen and oxygen atoms in total. The van der Waals surface area contributed by atoms with Crippen molar-refractivity contribution in [3.8, 4) is 11.5 Å². The molecule has 112 valence electrons. The predicted molar refractivity (Wildman–Crippen MR) is 59.4 cm³/mol. The van der Waals surface area contributed by atoms with Crippen molar-refractivity contribution in [2.75, 3.05) is 5.88 Å². The lowest BCUT2D eigenvalue weighted by Gasteiger charge is -2.14. The molecular weight excluding hydrogens is 311 g/mol. The van der Waals surface area contributed by atoms with E-state index in [2.05, 4.69) is 9.47 Å². The van der Waals surface area contributed by atoms with Crippen molar-refractivity contribution in [2.45, 2.75) is 19.4 Å². The van der Waals surface area contributed by atoms with Crippen LogP contribution in [0.15, 0.2) is 18.2 Å². The lowest BCUT2D eigenvalue weighted by molar-refractivity contribution is -0.274. The predicted octanol–water partition coefficient (Wildman–Crippen LogP) is 4.00. The van der Waals surface area contributed by atoms with Crippen LogP contribution in [0, 0.1) is 0 Å². The standard InChI is InChI=1S/C11H8ClF5O3/c12-4-3-8(18)7-2-1-6(19-10(13)14)5-9(7)20-11(15,16)17/h1-2,5,10H,3-4H2. The molecule has 1 rings (SSSR count). The number of Topliss-reactive ketones (excluding diaryl/α,β-unsaturated/α-hetero) is 1. The number of ketones is 1. The minimum atomic E-state index is -5.07. The maximum Gasteiger partial charge on any atom is 0.573 e. The van der Waals surface area contributed by atoms with Crippen molar-refractivity contribution in [3.05, 3.63) is 23.8 Å². The van der Waals surface area contributed by atoms with Gasteiger partial charge in [-0.3, -0.25) is 4.79 Å². The van der Waals surface area contributed by atoms with E-state index in [0.29, 0.717) is 6.07 Å². The largest absolute Gasteiger partial charge is 0.573 e. The molecule has 0 saturated carbocycles. The zero-order chi connectivity index (χ0) is 15.3. The summed E-state index contributed by atoms with van der Waals surface area (Å²) in [5.41, 5.74) is -0.412. The van der Waals surface area contributed by atoms with Crippen molar-refractivity contribution in [2.24, 2.45) is 0 Å². The first-order valence-corrected chi connectivity index (χ1v) is 5.70. The maximum atomic E-state index is 12.2. The fourth-order valence-electron chi connectivity index (χ4n) is 1.34. The van der Waals surface area contributed by atoms with Crippen molar-refractivity contribution in [1.82, 2.24) is 0 Å². The van der Waals surface area contributed by atoms with Gasteiger partial charge in [0.1, 0.15) is 11.5 Å². The van der Waals surface area contributed by atoms with Gasteiger partial charge < -0.3 is 9.47 Å². The summed E-state index contributed by atoms with van der Waals surface area (Å²) >= 11 is 5.32. The Morgan fingerprint density at radius 2 is 1.95 bits per heavy atom. The Kier molecular flexibility index (Phi) is 5.55. The van der Waals surface area contributed by atoms with E-state index < -0.39 is 35.8 Å². The molecule has 0 fully saturated rings. The van der Waals surface area contributed by atoms with Gasteiger partial charge in [0.2, 0.25) is 0 Å². The second kappa shape index (κ2) is 6.74. The van der Waals surface area contributed by atoms with Gasteiger partial charge in [0.25, 0.3) is 0 Å². The third-order valence-corrected chi connectivity index (χ3v) is 2.21. The van der Waals surface area contributed by atoms with E-state index in [0.717, 1.165) is 12.1 Å². The highest BCUT2D eigenvalue weighted by molar-refractivity contribution is 6.19. The molecule has 1 aromatic rings. The molecule has 0 spiro atoms. The van der Waals surface area contributed by atoms with E-state index in [1.165, 1.54) is 0 Å². The molecule has 0 aliphatic rings. The molecule has 9 heteroatoms. The van der Waals surface area contributed by atoms with Crippen molar-refractivity contribution in [1.29, 1.82) is 0 Å². The van der Waals surface area contributed by atoms with Gasteiger partial charge in [-0.15, -0.1) is 24.8 Å². The Morgan fingerprint density at radius 3 is 2.45 bits per heavy atom. The van der Waals surface area contributed by atoms with Gasteiger partial charge in [-0.1, -0.05) is 0 Å². The number of benzene rings is 1. The molecular formula is C11H8ClF5O3. The second-order valence-electron chi connectivity index (χ2n) is 3.45. The summed E-state index contributed by atoms with van der Waals surface area (Å²) in [6.45, 7) is -3.21. The molecule has 0 aliphatic carbocycles. The molecule has 0 N–H and O–H groups in total. The van der Waals surface area contributed by atoms with E-state index in [4.69, 9.17) is 11.6 Å². The summed E-state index contributed by atoms with van der Waals surface area (Å²) in [5, 5.41) is 0. The minimum Gasteiger partial charge on any atom is -0.435 e. The number of halogens is 6. The fourth-order valence-corrected chi connectivity index (χ4v) is 1.51. The summed E-state index contributed by atoms with van der Waals surface area (Å²) in [7, 11) is 0. The van der Waals surface area contributed by atoms with Crippen LogP contribution in [-0.4, -0.2) is 24.6 Å². The van der Waals surface area contributed by atoms with Gasteiger partial charge in [0.15, 0.2) is 5.78 Å². The normalized spacial score (nSPS) is 11.6. The van der Waals surface area contributed by atoms with E-state index in [-0.39, 0.29) is 12.3 Å². The molecule has 0 heterocycles. The number of rotatable bonds is 6. The number of hydrogen-bond donors (Lipinski definition) is 0. The van der Waals surface area contributed by atoms with Crippen LogP contribution in [0.4, 0.5) is 22.0 Å². The number of alkyl halides is 6. The monoisotopic (exact) mass is 318 g/mol. The first-order chi connectivity index (χ1) is 9.23. The lowest BCUT2D eigenvalue weighted by Crippen LogP contribution is -2.19. The van der Waals surface area contributed by atoms with Gasteiger partial charge >= 0.3 is 13.0 Å². The third kappa shape index (κ3) is 5.20.